The minimum atomic E-state index is -2.95. The normalized spacial score (nSPS) is 16.6. The Morgan fingerprint density at radius 3 is 2.82 bits per heavy atom. The van der Waals surface area contributed by atoms with Crippen molar-refractivity contribution in [3.63, 3.8) is 0 Å². The van der Waals surface area contributed by atoms with Crippen LogP contribution in [-0.2, 0) is 16.0 Å². The Hall–Kier alpha value is -3.25. The van der Waals surface area contributed by atoms with E-state index in [0.29, 0.717) is 15.7 Å². The largest absolute Gasteiger partial charge is 0.435 e. The summed E-state index contributed by atoms with van der Waals surface area (Å²) in [6, 6.07) is 9.99. The second-order valence-corrected chi connectivity index (χ2v) is 8.88. The molecule has 4 rings (SSSR count). The van der Waals surface area contributed by atoms with Crippen molar-refractivity contribution in [2.24, 2.45) is 0 Å². The molecule has 0 bridgehead atoms. The lowest BCUT2D eigenvalue weighted by Crippen LogP contribution is -2.26. The van der Waals surface area contributed by atoms with Gasteiger partial charge in [-0.15, -0.1) is 15.3 Å². The van der Waals surface area contributed by atoms with Crippen LogP contribution >= 0.6 is 11.3 Å². The number of hydrogen-bond donors (Lipinski definition) is 1. The molecule has 180 valence electrons. The summed E-state index contributed by atoms with van der Waals surface area (Å²) in [6.45, 7) is 0.560. The number of nitrogens with zero attached hydrogens (tertiary/aromatic N) is 5. The van der Waals surface area contributed by atoms with Crippen molar-refractivity contribution < 1.29 is 23.0 Å². The Labute approximate surface area is 199 Å². The van der Waals surface area contributed by atoms with Gasteiger partial charge in [-0.25, -0.2) is 0 Å². The van der Waals surface area contributed by atoms with E-state index in [-0.39, 0.29) is 24.0 Å². The highest BCUT2D eigenvalue weighted by Gasteiger charge is 2.26. The molecule has 0 saturated carbocycles. The zero-order valence-corrected chi connectivity index (χ0v) is 19.5. The van der Waals surface area contributed by atoms with E-state index in [1.807, 2.05) is 19.1 Å². The second-order valence-electron chi connectivity index (χ2n) is 7.82. The third-order valence-electron chi connectivity index (χ3n) is 5.33. The number of anilines is 2. The fraction of sp³-hybridized carbons (Fsp3) is 0.409. The molecule has 9 nitrogen and oxygen atoms in total. The van der Waals surface area contributed by atoms with E-state index < -0.39 is 12.7 Å². The topological polar surface area (TPSA) is 102 Å². The molecule has 0 aliphatic carbocycles. The molecule has 1 N–H and O–H groups in total. The summed E-state index contributed by atoms with van der Waals surface area (Å²) in [5.74, 6) is 0.545. The second kappa shape index (κ2) is 10.8. The first-order valence-electron chi connectivity index (χ1n) is 10.7. The van der Waals surface area contributed by atoms with Gasteiger partial charge in [-0.3, -0.25) is 4.79 Å². The lowest BCUT2D eigenvalue weighted by molar-refractivity contribution is -0.128. The van der Waals surface area contributed by atoms with Crippen LogP contribution in [0.4, 0.5) is 19.7 Å². The van der Waals surface area contributed by atoms with Gasteiger partial charge in [0.2, 0.25) is 5.13 Å². The third kappa shape index (κ3) is 6.00. The predicted octanol–water partition coefficient (Wildman–Crippen LogP) is 3.43. The van der Waals surface area contributed by atoms with E-state index in [9.17, 15) is 13.6 Å². The molecule has 1 saturated heterocycles. The molecule has 34 heavy (non-hydrogen) atoms. The van der Waals surface area contributed by atoms with Gasteiger partial charge in [0.25, 0.3) is 0 Å². The maximum Gasteiger partial charge on any atom is 0.387 e. The Morgan fingerprint density at radius 1 is 1.24 bits per heavy atom. The number of halogens is 2. The average molecular weight is 491 g/mol. The average Bonchev–Trinajstić information content (AvgIpc) is 3.44. The molecule has 3 heterocycles. The van der Waals surface area contributed by atoms with Gasteiger partial charge in [0.1, 0.15) is 16.9 Å². The lowest BCUT2D eigenvalue weighted by Gasteiger charge is -2.17. The number of carbonyl (C=O) groups is 1. The number of benzene rings is 1. The van der Waals surface area contributed by atoms with Crippen LogP contribution in [0.25, 0.3) is 0 Å². The monoisotopic (exact) mass is 490 g/mol. The van der Waals surface area contributed by atoms with E-state index in [1.54, 1.807) is 6.07 Å². The van der Waals surface area contributed by atoms with Gasteiger partial charge in [0, 0.05) is 26.2 Å². The molecule has 0 spiro atoms. The van der Waals surface area contributed by atoms with Gasteiger partial charge in [0.15, 0.2) is 11.6 Å². The van der Waals surface area contributed by atoms with Gasteiger partial charge >= 0.3 is 6.61 Å². The first kappa shape index (κ1) is 23.9. The number of aromatic nitrogens is 4. The molecule has 1 fully saturated rings. The van der Waals surface area contributed by atoms with Gasteiger partial charge in [-0.05, 0) is 43.2 Å². The van der Waals surface area contributed by atoms with Crippen molar-refractivity contribution in [3.05, 3.63) is 52.7 Å². The van der Waals surface area contributed by atoms with Crippen molar-refractivity contribution in [2.45, 2.75) is 38.5 Å². The van der Waals surface area contributed by atoms with Gasteiger partial charge < -0.3 is 19.7 Å². The fourth-order valence-electron chi connectivity index (χ4n) is 3.75. The van der Waals surface area contributed by atoms with Crippen molar-refractivity contribution in [1.29, 1.82) is 0 Å². The minimum absolute atomic E-state index is 0.00747. The lowest BCUT2D eigenvalue weighted by atomic mass is 10.0. The van der Waals surface area contributed by atoms with Crippen molar-refractivity contribution in [2.75, 3.05) is 30.4 Å². The zero-order chi connectivity index (χ0) is 24.1. The zero-order valence-electron chi connectivity index (χ0n) is 18.6. The van der Waals surface area contributed by atoms with E-state index in [2.05, 4.69) is 35.3 Å². The Kier molecular flexibility index (Phi) is 7.58. The summed E-state index contributed by atoms with van der Waals surface area (Å²) >= 11 is 1.30. The summed E-state index contributed by atoms with van der Waals surface area (Å²) in [5.41, 5.74) is 1.30. The van der Waals surface area contributed by atoms with Crippen LogP contribution in [0.5, 0.6) is 5.75 Å². The molecular weight excluding hydrogens is 466 g/mol. The van der Waals surface area contributed by atoms with Gasteiger partial charge in [-0.1, -0.05) is 23.5 Å². The maximum atomic E-state index is 12.8. The summed E-state index contributed by atoms with van der Waals surface area (Å²) in [7, 11) is 1.39. The number of carbonyl (C=O) groups excluding carboxylic acids is 1. The van der Waals surface area contributed by atoms with Crippen LogP contribution in [0.15, 0.2) is 36.4 Å². The van der Waals surface area contributed by atoms with Gasteiger partial charge in [0.05, 0.1) is 12.1 Å². The van der Waals surface area contributed by atoms with E-state index in [0.717, 1.165) is 31.0 Å². The molecular formula is C22H24F2N6O3S. The van der Waals surface area contributed by atoms with Crippen molar-refractivity contribution in [3.8, 4) is 5.75 Å². The number of nitrogens with one attached hydrogen (secondary N) is 1. The van der Waals surface area contributed by atoms with Crippen molar-refractivity contribution in [1.82, 2.24) is 20.4 Å². The molecule has 0 amide bonds. The number of alkyl halides is 2. The third-order valence-corrected chi connectivity index (χ3v) is 6.18. The van der Waals surface area contributed by atoms with Crippen molar-refractivity contribution >= 4 is 28.1 Å². The number of methoxy groups -OCH3 is 1. The number of ether oxygens (including phenoxy) is 2. The standard InChI is InChI=1S/C22H24F2N6O3S/c1-13-6-7-18(27-26-13)30-9-8-15(12-30)25-22-29-28-19(34-22)11-17(31)20(32-2)14-4-3-5-16(10-14)33-21(23)24/h3-7,10,15,20-21H,8-9,11-12H2,1-2H3,(H,25,29)/t15-,20-/m1/s1. The molecule has 2 atom stereocenters. The fourth-order valence-corrected chi connectivity index (χ4v) is 4.58. The molecule has 12 heteroatoms. The first-order valence-corrected chi connectivity index (χ1v) is 11.5. The first-order chi connectivity index (χ1) is 16.4. The maximum absolute atomic E-state index is 12.8. The van der Waals surface area contributed by atoms with Crippen LogP contribution in [0.1, 0.15) is 28.8 Å². The SMILES string of the molecule is CO[C@@H](C(=O)Cc1nnc(N[C@@H]2CCN(c3ccc(C)nn3)C2)s1)c1cccc(OC(F)F)c1. The highest BCUT2D eigenvalue weighted by molar-refractivity contribution is 7.15. The number of aryl methyl sites for hydroxylation is 1. The number of rotatable bonds is 10. The number of hydrogen-bond acceptors (Lipinski definition) is 10. The van der Waals surface area contributed by atoms with Crippen LogP contribution in [0.2, 0.25) is 0 Å². The summed E-state index contributed by atoms with van der Waals surface area (Å²) in [6.07, 6.45) is -0.0137. The highest BCUT2D eigenvalue weighted by Crippen LogP contribution is 2.27. The summed E-state index contributed by atoms with van der Waals surface area (Å²) < 4.78 is 34.8. The van der Waals surface area contributed by atoms with E-state index >= 15 is 0 Å². The molecule has 1 aliphatic heterocycles. The van der Waals surface area contributed by atoms with Gasteiger partial charge in [-0.2, -0.15) is 13.9 Å². The Balaban J connectivity index is 1.34. The highest BCUT2D eigenvalue weighted by atomic mass is 32.1. The molecule has 2 aromatic heterocycles. The molecule has 0 radical (unpaired) electrons. The molecule has 0 unspecified atom stereocenters. The summed E-state index contributed by atoms with van der Waals surface area (Å²) in [5, 5.41) is 21.2. The van der Waals surface area contributed by atoms with E-state index in [4.69, 9.17) is 4.74 Å². The summed E-state index contributed by atoms with van der Waals surface area (Å²) in [4.78, 5) is 15.0. The van der Waals surface area contributed by atoms with E-state index in [1.165, 1.54) is 36.6 Å². The Bertz CT molecular complexity index is 1110. The van der Waals surface area contributed by atoms with Crippen LogP contribution in [0, 0.1) is 6.92 Å². The minimum Gasteiger partial charge on any atom is -0.435 e. The molecule has 1 aromatic carbocycles. The van der Waals surface area contributed by atoms with Crippen LogP contribution in [-0.4, -0.2) is 59.0 Å². The number of Topliss-reactive ketones (excluding diaryl/α,β-unsaturated/α-hetero) is 1. The Morgan fingerprint density at radius 2 is 2.09 bits per heavy atom. The smallest absolute Gasteiger partial charge is 0.387 e. The quantitative estimate of drug-likeness (QED) is 0.458. The molecule has 1 aliphatic rings. The predicted molar refractivity (Wildman–Crippen MR) is 122 cm³/mol. The van der Waals surface area contributed by atoms with Crippen LogP contribution in [0.3, 0.4) is 0 Å². The molecule has 3 aromatic rings. The number of ketones is 1. The van der Waals surface area contributed by atoms with Crippen LogP contribution < -0.4 is 15.0 Å².